The highest BCUT2D eigenvalue weighted by atomic mass is 19.1. The van der Waals surface area contributed by atoms with Crippen LogP contribution in [-0.4, -0.2) is 119 Å². The Balaban J connectivity index is 0.000000145. The maximum atomic E-state index is 14.3. The molecule has 10 rings (SSSR count). The Morgan fingerprint density at radius 3 is 2.09 bits per heavy atom. The number of nitrogens with one attached hydrogen (secondary N) is 1. The summed E-state index contributed by atoms with van der Waals surface area (Å²) in [5.74, 6) is -1.05. The number of carbonyl (C=O) groups excluding carboxylic acids is 2. The van der Waals surface area contributed by atoms with Crippen molar-refractivity contribution in [3.63, 3.8) is 0 Å². The molecule has 0 spiro atoms. The molecule has 66 heavy (non-hydrogen) atoms. The number of hydrogen-bond donors (Lipinski definition) is 2. The first kappa shape index (κ1) is 46.1. The maximum Gasteiger partial charge on any atom is 0.410 e. The number of hydrogen-bond acceptors (Lipinski definition) is 11. The number of epoxide rings is 1. The van der Waals surface area contributed by atoms with Gasteiger partial charge in [0.1, 0.15) is 61.2 Å². The molecule has 4 aromatic carbocycles. The highest BCUT2D eigenvalue weighted by molar-refractivity contribution is 6.14. The van der Waals surface area contributed by atoms with Crippen LogP contribution in [0.5, 0.6) is 5.88 Å². The van der Waals surface area contributed by atoms with Crippen LogP contribution >= 0.6 is 0 Å². The van der Waals surface area contributed by atoms with Crippen LogP contribution in [0.1, 0.15) is 47.2 Å². The molecular formula is C49H50F4N6O7. The molecule has 4 saturated heterocycles. The second-order valence-electron chi connectivity index (χ2n) is 16.4. The molecule has 0 saturated carbocycles. The molecule has 6 heterocycles. The van der Waals surface area contributed by atoms with Crippen molar-refractivity contribution < 1.29 is 51.2 Å². The van der Waals surface area contributed by atoms with E-state index in [2.05, 4.69) is 20.3 Å². The lowest BCUT2D eigenvalue weighted by atomic mass is 9.96. The molecule has 2 amide bonds. The van der Waals surface area contributed by atoms with Crippen LogP contribution in [-0.2, 0) is 34.0 Å². The van der Waals surface area contributed by atoms with Crippen molar-refractivity contribution in [1.82, 2.24) is 25.1 Å². The summed E-state index contributed by atoms with van der Waals surface area (Å²) in [7, 11) is 0. The van der Waals surface area contributed by atoms with E-state index in [4.69, 9.17) is 18.9 Å². The van der Waals surface area contributed by atoms with Crippen molar-refractivity contribution in [2.24, 2.45) is 4.99 Å². The van der Waals surface area contributed by atoms with Crippen molar-refractivity contribution in [1.29, 1.82) is 0 Å². The Kier molecular flexibility index (Phi) is 15.2. The summed E-state index contributed by atoms with van der Waals surface area (Å²) in [4.78, 5) is 39.7. The average Bonchev–Trinajstić information content (AvgIpc) is 4.01. The first-order chi connectivity index (χ1) is 32.1. The molecule has 17 heteroatoms. The first-order valence-corrected chi connectivity index (χ1v) is 21.9. The van der Waals surface area contributed by atoms with Crippen LogP contribution < -0.4 is 10.1 Å². The van der Waals surface area contributed by atoms with Crippen LogP contribution in [0.15, 0.2) is 114 Å². The largest absolute Gasteiger partial charge is 0.469 e. The standard InChI is InChI=1S/C23H19F3N4O.C13H16FNO3.C13H15NO3/c24-16-6-7-27-11-20(16)31-21-12-28-10-19(30-21)23-15-8-13(4-5-14(15)9-29-23)22-17(25)2-1-3-18(22)26;14-11-6-7-15(8-12(11)16)13(17)18-9-10-4-2-1-3-5-10;15-13(14-7-6-11-12(8-14)17-11)16-9-10-4-2-1-3-5-10/h1-5,8,10,12,16,20,27H,6-7,9,11H2;1-5,11-12,16H,6-9H2;1-5,11-12H,6-9H2/t16-,20?;11-,12-;/m01./s1. The summed E-state index contributed by atoms with van der Waals surface area (Å²) in [5, 5.41) is 12.5. The van der Waals surface area contributed by atoms with E-state index in [0.29, 0.717) is 62.3 Å². The number of rotatable bonds is 8. The lowest BCUT2D eigenvalue weighted by Gasteiger charge is -2.31. The number of aromatic nitrogens is 2. The number of amides is 2. The smallest absolute Gasteiger partial charge is 0.410 e. The van der Waals surface area contributed by atoms with E-state index in [-0.39, 0.29) is 49.8 Å². The van der Waals surface area contributed by atoms with Gasteiger partial charge in [0.05, 0.1) is 49.4 Å². The summed E-state index contributed by atoms with van der Waals surface area (Å²) >= 11 is 0. The molecule has 346 valence electrons. The van der Waals surface area contributed by atoms with Gasteiger partial charge in [0, 0.05) is 25.2 Å². The van der Waals surface area contributed by atoms with E-state index in [1.807, 2.05) is 66.7 Å². The molecule has 0 radical (unpaired) electrons. The minimum Gasteiger partial charge on any atom is -0.469 e. The lowest BCUT2D eigenvalue weighted by Crippen LogP contribution is -2.47. The van der Waals surface area contributed by atoms with E-state index in [1.165, 1.54) is 29.3 Å². The summed E-state index contributed by atoms with van der Waals surface area (Å²) in [5.41, 5.74) is 4.91. The molecule has 0 bridgehead atoms. The van der Waals surface area contributed by atoms with Crippen molar-refractivity contribution >= 4 is 17.9 Å². The summed E-state index contributed by atoms with van der Waals surface area (Å²) in [6, 6.07) is 28.0. The van der Waals surface area contributed by atoms with Crippen molar-refractivity contribution in [3.05, 3.63) is 149 Å². The number of β-amino-alcohol motifs (C(OH)–C–C–N with tert-alkyl or cyclic N) is 1. The quantitative estimate of drug-likeness (QED) is 0.119. The predicted octanol–water partition coefficient (Wildman–Crippen LogP) is 7.38. The second-order valence-corrected chi connectivity index (χ2v) is 16.4. The zero-order valence-corrected chi connectivity index (χ0v) is 36.0. The third kappa shape index (κ3) is 11.9. The van der Waals surface area contributed by atoms with Gasteiger partial charge in [0.15, 0.2) is 0 Å². The van der Waals surface area contributed by atoms with Crippen molar-refractivity contribution in [3.8, 4) is 17.0 Å². The van der Waals surface area contributed by atoms with Gasteiger partial charge in [0.25, 0.3) is 0 Å². The van der Waals surface area contributed by atoms with Crippen molar-refractivity contribution in [2.75, 3.05) is 39.3 Å². The number of fused-ring (bicyclic) bond motifs is 2. The van der Waals surface area contributed by atoms with Crippen molar-refractivity contribution in [2.45, 2.75) is 75.8 Å². The van der Waals surface area contributed by atoms with E-state index < -0.39 is 42.3 Å². The van der Waals surface area contributed by atoms with Gasteiger partial charge in [-0.15, -0.1) is 0 Å². The SMILES string of the molecule is Fc1cccc(F)c1-c1ccc2c(c1)C(c1cncc(OC3CNCC[C@@H]3F)n1)=NC2.O=C(OCc1ccccc1)N1CCC2OC2C1.O=C(OCc1ccccc1)N1CC[C@@H](F)[C@H](O)C1. The fourth-order valence-electron chi connectivity index (χ4n) is 7.96. The Hall–Kier alpha value is -6.43. The molecule has 5 aromatic rings. The molecule has 1 aromatic heterocycles. The normalized spacial score (nSPS) is 22.8. The molecule has 0 aliphatic carbocycles. The molecule has 5 aliphatic heterocycles. The Morgan fingerprint density at radius 1 is 0.773 bits per heavy atom. The number of halogens is 4. The summed E-state index contributed by atoms with van der Waals surface area (Å²) in [6.45, 7) is 3.67. The van der Waals surface area contributed by atoms with Gasteiger partial charge in [-0.2, -0.15) is 0 Å². The van der Waals surface area contributed by atoms with Gasteiger partial charge in [-0.05, 0) is 66.3 Å². The van der Waals surface area contributed by atoms with Crippen LogP contribution in [0.4, 0.5) is 27.2 Å². The van der Waals surface area contributed by atoms with E-state index in [1.54, 1.807) is 23.2 Å². The van der Waals surface area contributed by atoms with Gasteiger partial charge in [0.2, 0.25) is 5.88 Å². The van der Waals surface area contributed by atoms with Gasteiger partial charge >= 0.3 is 12.2 Å². The molecule has 5 aliphatic rings. The topological polar surface area (TPSA) is 151 Å². The van der Waals surface area contributed by atoms with Gasteiger partial charge < -0.3 is 39.2 Å². The number of aliphatic imine (C=N–C) groups is 1. The number of benzene rings is 4. The van der Waals surface area contributed by atoms with Crippen LogP contribution in [0.3, 0.4) is 0 Å². The minimum atomic E-state index is -1.25. The fraction of sp³-hybridized carbons (Fsp3) is 0.367. The Morgan fingerprint density at radius 2 is 1.44 bits per heavy atom. The van der Waals surface area contributed by atoms with Crippen LogP contribution in [0.2, 0.25) is 0 Å². The number of aliphatic hydroxyl groups excluding tert-OH is 1. The number of carbonyl (C=O) groups is 2. The number of likely N-dealkylation sites (tertiary alicyclic amines) is 2. The fourth-order valence-corrected chi connectivity index (χ4v) is 7.96. The second kappa shape index (κ2) is 21.7. The highest BCUT2D eigenvalue weighted by Crippen LogP contribution is 2.33. The molecule has 6 atom stereocenters. The van der Waals surface area contributed by atoms with Crippen LogP contribution in [0, 0.1) is 11.6 Å². The molecule has 13 nitrogen and oxygen atoms in total. The van der Waals surface area contributed by atoms with E-state index >= 15 is 0 Å². The molecule has 3 unspecified atom stereocenters. The highest BCUT2D eigenvalue weighted by Gasteiger charge is 2.45. The third-order valence-corrected chi connectivity index (χ3v) is 11.7. The van der Waals surface area contributed by atoms with E-state index in [0.717, 1.165) is 35.2 Å². The zero-order valence-electron chi connectivity index (χ0n) is 36.0. The first-order valence-electron chi connectivity index (χ1n) is 21.9. The summed E-state index contributed by atoms with van der Waals surface area (Å²) in [6.07, 6.45) is 0.302. The number of alkyl halides is 2. The average molecular weight is 911 g/mol. The number of aliphatic hydroxyl groups is 1. The predicted molar refractivity (Wildman–Crippen MR) is 235 cm³/mol. The van der Waals surface area contributed by atoms with Gasteiger partial charge in [-0.1, -0.05) is 78.9 Å². The monoisotopic (exact) mass is 910 g/mol. The van der Waals surface area contributed by atoms with Gasteiger partial charge in [-0.3, -0.25) is 9.98 Å². The molecule has 4 fully saturated rings. The third-order valence-electron chi connectivity index (χ3n) is 11.7. The number of piperidine rings is 3. The summed E-state index contributed by atoms with van der Waals surface area (Å²) < 4.78 is 77.1. The van der Waals surface area contributed by atoms with E-state index in [9.17, 15) is 32.3 Å². The molecule has 2 N–H and O–H groups in total. The lowest BCUT2D eigenvalue weighted by molar-refractivity contribution is -0.000283. The Labute approximate surface area is 379 Å². The Bertz CT molecular complexity index is 2450. The molecular weight excluding hydrogens is 861 g/mol. The van der Waals surface area contributed by atoms with Crippen LogP contribution in [0.25, 0.3) is 11.1 Å². The minimum absolute atomic E-state index is 0.00517. The number of nitrogens with zero attached hydrogens (tertiary/aromatic N) is 5. The van der Waals surface area contributed by atoms with Gasteiger partial charge in [-0.25, -0.2) is 32.1 Å². The zero-order chi connectivity index (χ0) is 46.0. The number of ether oxygens (including phenoxy) is 4. The maximum absolute atomic E-state index is 14.3.